The minimum absolute atomic E-state index is 0.0271. The molecule has 2 saturated heterocycles. The van der Waals surface area contributed by atoms with Gasteiger partial charge in [0, 0.05) is 11.1 Å². The predicted octanol–water partition coefficient (Wildman–Crippen LogP) is 2.28. The van der Waals surface area contributed by atoms with E-state index in [-0.39, 0.29) is 35.1 Å². The number of nitrogen functional groups attached to an aromatic ring is 1. The fraction of sp³-hybridized carbons (Fsp3) is 0.240. The van der Waals surface area contributed by atoms with Crippen molar-refractivity contribution in [3.63, 3.8) is 0 Å². The summed E-state index contributed by atoms with van der Waals surface area (Å²) in [7, 11) is -3.85. The predicted molar refractivity (Wildman–Crippen MR) is 129 cm³/mol. The molecule has 10 heteroatoms. The van der Waals surface area contributed by atoms with Gasteiger partial charge in [-0.15, -0.1) is 0 Å². The molecule has 0 saturated carbocycles. The van der Waals surface area contributed by atoms with E-state index in [2.05, 4.69) is 0 Å². The SMILES string of the molecule is N=C(N)c1cccc(O[C@H]2CO[C@H]3[C@@H]2OC[C@H]3Oc2ccc(-c3ccccc3S(N)(=O)=O)cc2)c1. The normalized spacial score (nSPS) is 23.6. The second kappa shape index (κ2) is 9.31. The van der Waals surface area contributed by atoms with Crippen LogP contribution in [0.4, 0.5) is 0 Å². The molecule has 0 spiro atoms. The van der Waals surface area contributed by atoms with Gasteiger partial charge in [0.05, 0.1) is 18.1 Å². The van der Waals surface area contributed by atoms with Crippen LogP contribution in [0.5, 0.6) is 11.5 Å². The van der Waals surface area contributed by atoms with Crippen molar-refractivity contribution in [2.45, 2.75) is 29.3 Å². The highest BCUT2D eigenvalue weighted by molar-refractivity contribution is 7.89. The van der Waals surface area contributed by atoms with E-state index in [0.717, 1.165) is 0 Å². The van der Waals surface area contributed by atoms with Gasteiger partial charge in [-0.05, 0) is 35.9 Å². The van der Waals surface area contributed by atoms with Gasteiger partial charge >= 0.3 is 0 Å². The maximum Gasteiger partial charge on any atom is 0.238 e. The molecule has 35 heavy (non-hydrogen) atoms. The Hall–Kier alpha value is -3.44. The molecular formula is C25H25N3O6S. The molecule has 2 heterocycles. The first-order chi connectivity index (χ1) is 16.8. The molecular weight excluding hydrogens is 470 g/mol. The molecule has 0 aliphatic carbocycles. The van der Waals surface area contributed by atoms with Crippen LogP contribution >= 0.6 is 0 Å². The first-order valence-electron chi connectivity index (χ1n) is 11.0. The number of fused-ring (bicyclic) bond motifs is 1. The standard InChI is InChI=1S/C25H25N3O6S/c26-25(27)16-4-3-5-18(12-16)34-21-14-32-23-20(13-31-24(21)23)33-17-10-8-15(9-11-17)19-6-1-2-7-22(19)35(28,29)30/h1-12,20-21,23-24H,13-14H2,(H3,26,27)(H2,28,29,30)/t20-,21+,23-,24-/m1/s1. The van der Waals surface area contributed by atoms with Crippen molar-refractivity contribution >= 4 is 15.9 Å². The summed E-state index contributed by atoms with van der Waals surface area (Å²) in [5.41, 5.74) is 7.39. The van der Waals surface area contributed by atoms with E-state index in [9.17, 15) is 8.42 Å². The molecule has 5 N–H and O–H groups in total. The smallest absolute Gasteiger partial charge is 0.238 e. The molecule has 3 aromatic carbocycles. The van der Waals surface area contributed by atoms with Crippen molar-refractivity contribution < 1.29 is 27.4 Å². The Morgan fingerprint density at radius 2 is 1.49 bits per heavy atom. The zero-order valence-electron chi connectivity index (χ0n) is 18.7. The van der Waals surface area contributed by atoms with Gasteiger partial charge in [0.2, 0.25) is 10.0 Å². The zero-order valence-corrected chi connectivity index (χ0v) is 19.5. The molecule has 2 fully saturated rings. The van der Waals surface area contributed by atoms with Crippen LogP contribution in [0.1, 0.15) is 5.56 Å². The molecule has 3 aromatic rings. The van der Waals surface area contributed by atoms with Crippen LogP contribution in [-0.2, 0) is 19.5 Å². The first kappa shape index (κ1) is 23.3. The van der Waals surface area contributed by atoms with E-state index in [1.165, 1.54) is 6.07 Å². The number of sulfonamides is 1. The lowest BCUT2D eigenvalue weighted by atomic mass is 10.1. The minimum atomic E-state index is -3.85. The lowest BCUT2D eigenvalue weighted by Gasteiger charge is -2.19. The Morgan fingerprint density at radius 3 is 2.11 bits per heavy atom. The van der Waals surface area contributed by atoms with Gasteiger partial charge in [-0.3, -0.25) is 5.41 Å². The lowest BCUT2D eigenvalue weighted by molar-refractivity contribution is 0.0181. The highest BCUT2D eigenvalue weighted by atomic mass is 32.2. The van der Waals surface area contributed by atoms with Crippen molar-refractivity contribution in [2.75, 3.05) is 13.2 Å². The maximum atomic E-state index is 11.9. The second-order valence-corrected chi connectivity index (χ2v) is 9.95. The molecule has 9 nitrogen and oxygen atoms in total. The molecule has 182 valence electrons. The third-order valence-corrected chi connectivity index (χ3v) is 7.01. The Morgan fingerprint density at radius 1 is 0.857 bits per heavy atom. The number of hydrogen-bond acceptors (Lipinski definition) is 7. The van der Waals surface area contributed by atoms with Gasteiger partial charge in [0.15, 0.2) is 12.2 Å². The fourth-order valence-electron chi connectivity index (χ4n) is 4.38. The van der Waals surface area contributed by atoms with Gasteiger partial charge in [0.1, 0.15) is 29.5 Å². The van der Waals surface area contributed by atoms with Crippen LogP contribution in [0.25, 0.3) is 11.1 Å². The van der Waals surface area contributed by atoms with E-state index >= 15 is 0 Å². The quantitative estimate of drug-likeness (QED) is 0.336. The van der Waals surface area contributed by atoms with Crippen LogP contribution in [0, 0.1) is 5.41 Å². The summed E-state index contributed by atoms with van der Waals surface area (Å²) < 4.78 is 47.9. The van der Waals surface area contributed by atoms with Crippen LogP contribution in [-0.4, -0.2) is 51.9 Å². The summed E-state index contributed by atoms with van der Waals surface area (Å²) in [6.07, 6.45) is -1.21. The van der Waals surface area contributed by atoms with Crippen molar-refractivity contribution in [1.82, 2.24) is 0 Å². The van der Waals surface area contributed by atoms with Crippen molar-refractivity contribution in [1.29, 1.82) is 5.41 Å². The van der Waals surface area contributed by atoms with Crippen molar-refractivity contribution in [3.8, 4) is 22.6 Å². The van der Waals surface area contributed by atoms with Crippen LogP contribution < -0.4 is 20.3 Å². The van der Waals surface area contributed by atoms with Gasteiger partial charge in [0.25, 0.3) is 0 Å². The van der Waals surface area contributed by atoms with E-state index in [0.29, 0.717) is 41.4 Å². The van der Waals surface area contributed by atoms with E-state index < -0.39 is 10.0 Å². The molecule has 2 aliphatic rings. The average molecular weight is 496 g/mol. The maximum absolute atomic E-state index is 11.9. The van der Waals surface area contributed by atoms with Crippen molar-refractivity contribution in [2.24, 2.45) is 10.9 Å². The molecule has 0 amide bonds. The summed E-state index contributed by atoms with van der Waals surface area (Å²) in [6.45, 7) is 0.696. The number of rotatable bonds is 7. The Labute approximate surface area is 203 Å². The number of nitrogens with one attached hydrogen (secondary N) is 1. The fourth-order valence-corrected chi connectivity index (χ4v) is 5.14. The van der Waals surface area contributed by atoms with Crippen molar-refractivity contribution in [3.05, 3.63) is 78.4 Å². The summed E-state index contributed by atoms with van der Waals surface area (Å²) in [5.74, 6) is 1.18. The Kier molecular flexibility index (Phi) is 6.20. The second-order valence-electron chi connectivity index (χ2n) is 8.42. The number of nitrogens with two attached hydrogens (primary N) is 2. The van der Waals surface area contributed by atoms with E-state index in [1.807, 2.05) is 0 Å². The molecule has 0 bridgehead atoms. The monoisotopic (exact) mass is 495 g/mol. The van der Waals surface area contributed by atoms with Gasteiger partial charge < -0.3 is 24.7 Å². The lowest BCUT2D eigenvalue weighted by Crippen LogP contribution is -2.36. The highest BCUT2D eigenvalue weighted by Gasteiger charge is 2.50. The van der Waals surface area contributed by atoms with E-state index in [4.69, 9.17) is 35.2 Å². The largest absolute Gasteiger partial charge is 0.485 e. The third kappa shape index (κ3) is 4.87. The minimum Gasteiger partial charge on any atom is -0.485 e. The number of benzene rings is 3. The summed E-state index contributed by atoms with van der Waals surface area (Å²) in [4.78, 5) is 0.0694. The van der Waals surface area contributed by atoms with Crippen LogP contribution in [0.2, 0.25) is 0 Å². The van der Waals surface area contributed by atoms with Crippen LogP contribution in [0.3, 0.4) is 0 Å². The van der Waals surface area contributed by atoms with Gasteiger partial charge in [-0.1, -0.05) is 42.5 Å². The third-order valence-electron chi connectivity index (χ3n) is 6.04. The van der Waals surface area contributed by atoms with Crippen LogP contribution in [0.15, 0.2) is 77.7 Å². The van der Waals surface area contributed by atoms with Gasteiger partial charge in [-0.25, -0.2) is 13.6 Å². The van der Waals surface area contributed by atoms with Gasteiger partial charge in [-0.2, -0.15) is 0 Å². The summed E-state index contributed by atoms with van der Waals surface area (Å²) in [6, 6.07) is 20.8. The Balaban J connectivity index is 1.25. The molecule has 0 aromatic heterocycles. The average Bonchev–Trinajstić information content (AvgIpc) is 3.42. The molecule has 4 atom stereocenters. The topological polar surface area (TPSA) is 147 Å². The molecule has 0 unspecified atom stereocenters. The molecule has 0 radical (unpaired) electrons. The highest BCUT2D eigenvalue weighted by Crippen LogP contribution is 2.33. The Bertz CT molecular complexity index is 1350. The number of amidine groups is 1. The van der Waals surface area contributed by atoms with E-state index in [1.54, 1.807) is 66.7 Å². The summed E-state index contributed by atoms with van der Waals surface area (Å²) in [5, 5.41) is 12.9. The number of primary sulfonamides is 1. The summed E-state index contributed by atoms with van der Waals surface area (Å²) >= 11 is 0. The number of ether oxygens (including phenoxy) is 4. The molecule has 2 aliphatic heterocycles. The first-order valence-corrected chi connectivity index (χ1v) is 12.6. The zero-order chi connectivity index (χ0) is 24.6. The molecule has 5 rings (SSSR count). The number of hydrogen-bond donors (Lipinski definition) is 3.